The molecule has 14 heavy (non-hydrogen) atoms. The predicted molar refractivity (Wildman–Crippen MR) is 63.2 cm³/mol. The first kappa shape index (κ1) is 12.0. The highest BCUT2D eigenvalue weighted by molar-refractivity contribution is 9.10. The van der Waals surface area contributed by atoms with Crippen molar-refractivity contribution in [2.75, 3.05) is 11.5 Å². The fourth-order valence-corrected chi connectivity index (χ4v) is 2.65. The van der Waals surface area contributed by atoms with Gasteiger partial charge in [-0.1, -0.05) is 12.1 Å². The molecule has 1 heterocycles. The quantitative estimate of drug-likeness (QED) is 0.834. The molecule has 0 fully saturated rings. The zero-order valence-electron chi connectivity index (χ0n) is 8.40. The summed E-state index contributed by atoms with van der Waals surface area (Å²) in [5.41, 5.74) is 7.00. The van der Waals surface area contributed by atoms with Crippen molar-refractivity contribution in [1.29, 1.82) is 0 Å². The second-order valence-electron chi connectivity index (χ2n) is 3.07. The van der Waals surface area contributed by atoms with E-state index in [2.05, 4.69) is 33.2 Å². The van der Waals surface area contributed by atoms with Crippen molar-refractivity contribution >= 4 is 27.7 Å². The maximum absolute atomic E-state index is 6.03. The number of thioether (sulfide) groups is 1. The van der Waals surface area contributed by atoms with Crippen LogP contribution in [0.5, 0.6) is 0 Å². The van der Waals surface area contributed by atoms with Gasteiger partial charge in [-0.15, -0.1) is 5.10 Å². The molecule has 80 valence electrons. The Kier molecular flexibility index (Phi) is 4.91. The Morgan fingerprint density at radius 1 is 1.64 bits per heavy atom. The van der Waals surface area contributed by atoms with Crippen LogP contribution in [0, 0.1) is 0 Å². The molecule has 4 nitrogen and oxygen atoms in total. The molecule has 1 unspecified atom stereocenters. The third kappa shape index (κ3) is 2.96. The smallest absolute Gasteiger partial charge is 0.153 e. The Bertz CT molecular complexity index is 269. The van der Waals surface area contributed by atoms with Crippen molar-refractivity contribution in [2.24, 2.45) is 12.8 Å². The van der Waals surface area contributed by atoms with E-state index in [4.69, 9.17) is 5.73 Å². The third-order valence-corrected chi connectivity index (χ3v) is 3.68. The number of aryl methyl sites for hydroxylation is 1. The number of rotatable bonds is 5. The van der Waals surface area contributed by atoms with Gasteiger partial charge >= 0.3 is 0 Å². The first-order valence-electron chi connectivity index (χ1n) is 4.55. The van der Waals surface area contributed by atoms with E-state index in [1.807, 2.05) is 18.8 Å². The van der Waals surface area contributed by atoms with Crippen LogP contribution in [-0.4, -0.2) is 26.5 Å². The first-order chi connectivity index (χ1) is 6.66. The van der Waals surface area contributed by atoms with Gasteiger partial charge in [0.15, 0.2) is 4.60 Å². The summed E-state index contributed by atoms with van der Waals surface area (Å²) in [5.74, 6) is 2.06. The number of nitrogens with zero attached hydrogens (tertiary/aromatic N) is 3. The molecule has 0 radical (unpaired) electrons. The Labute approximate surface area is 96.7 Å². The van der Waals surface area contributed by atoms with E-state index >= 15 is 0 Å². The van der Waals surface area contributed by atoms with E-state index in [0.29, 0.717) is 0 Å². The highest BCUT2D eigenvalue weighted by atomic mass is 79.9. The van der Waals surface area contributed by atoms with Crippen molar-refractivity contribution in [1.82, 2.24) is 15.0 Å². The monoisotopic (exact) mass is 278 g/mol. The van der Waals surface area contributed by atoms with E-state index < -0.39 is 0 Å². The molecule has 0 amide bonds. The van der Waals surface area contributed by atoms with E-state index in [9.17, 15) is 0 Å². The van der Waals surface area contributed by atoms with Gasteiger partial charge in [0.25, 0.3) is 0 Å². The first-order valence-corrected chi connectivity index (χ1v) is 6.50. The van der Waals surface area contributed by atoms with Crippen LogP contribution in [0.1, 0.15) is 25.1 Å². The van der Waals surface area contributed by atoms with Gasteiger partial charge < -0.3 is 5.73 Å². The minimum Gasteiger partial charge on any atom is -0.322 e. The summed E-state index contributed by atoms with van der Waals surface area (Å²) in [4.78, 5) is 0. The van der Waals surface area contributed by atoms with Crippen molar-refractivity contribution in [3.05, 3.63) is 10.3 Å². The molecule has 1 aromatic rings. The van der Waals surface area contributed by atoms with Crippen LogP contribution in [0.2, 0.25) is 0 Å². The van der Waals surface area contributed by atoms with Crippen molar-refractivity contribution in [3.8, 4) is 0 Å². The lowest BCUT2D eigenvalue weighted by Crippen LogP contribution is -2.17. The third-order valence-electron chi connectivity index (χ3n) is 1.82. The number of hydrogen-bond donors (Lipinski definition) is 1. The number of nitrogens with two attached hydrogens (primary N) is 1. The molecule has 0 aromatic carbocycles. The zero-order valence-corrected chi connectivity index (χ0v) is 10.8. The van der Waals surface area contributed by atoms with Crippen LogP contribution in [0.3, 0.4) is 0 Å². The van der Waals surface area contributed by atoms with Crippen LogP contribution in [0.15, 0.2) is 4.60 Å². The molecular formula is C8H15BrN4S. The predicted octanol–water partition coefficient (Wildman–Crippen LogP) is 1.72. The SMILES string of the molecule is CCCSCC(N)c1c(Br)nnn1C. The van der Waals surface area contributed by atoms with E-state index in [1.165, 1.54) is 6.42 Å². The second kappa shape index (κ2) is 5.72. The summed E-state index contributed by atoms with van der Waals surface area (Å²) in [6, 6.07) is 0.000856. The average molecular weight is 279 g/mol. The Hall–Kier alpha value is -0.0700. The fourth-order valence-electron chi connectivity index (χ4n) is 1.17. The lowest BCUT2D eigenvalue weighted by atomic mass is 10.3. The van der Waals surface area contributed by atoms with Gasteiger partial charge in [0.1, 0.15) is 0 Å². The van der Waals surface area contributed by atoms with Crippen LogP contribution >= 0.6 is 27.7 Å². The molecule has 0 aliphatic carbocycles. The van der Waals surface area contributed by atoms with Gasteiger partial charge in [-0.3, -0.25) is 0 Å². The molecule has 1 atom stereocenters. The van der Waals surface area contributed by atoms with Gasteiger partial charge in [-0.2, -0.15) is 11.8 Å². The number of halogens is 1. The van der Waals surface area contributed by atoms with Crippen LogP contribution < -0.4 is 5.73 Å². The van der Waals surface area contributed by atoms with Gasteiger partial charge in [0.05, 0.1) is 11.7 Å². The van der Waals surface area contributed by atoms with Gasteiger partial charge in [-0.25, -0.2) is 4.68 Å². The molecule has 2 N–H and O–H groups in total. The summed E-state index contributed by atoms with van der Waals surface area (Å²) in [7, 11) is 1.86. The fraction of sp³-hybridized carbons (Fsp3) is 0.750. The molecule has 0 saturated carbocycles. The number of hydrogen-bond acceptors (Lipinski definition) is 4. The normalized spacial score (nSPS) is 13.1. The lowest BCUT2D eigenvalue weighted by Gasteiger charge is -2.10. The van der Waals surface area contributed by atoms with Crippen LogP contribution in [0.25, 0.3) is 0 Å². The minimum absolute atomic E-state index is 0.000856. The van der Waals surface area contributed by atoms with Crippen LogP contribution in [0.4, 0.5) is 0 Å². The summed E-state index contributed by atoms with van der Waals surface area (Å²) in [5, 5.41) is 7.80. The molecule has 0 aliphatic heterocycles. The second-order valence-corrected chi connectivity index (χ2v) is 4.97. The Morgan fingerprint density at radius 2 is 2.36 bits per heavy atom. The molecule has 0 bridgehead atoms. The van der Waals surface area contributed by atoms with Gasteiger partial charge in [0.2, 0.25) is 0 Å². The van der Waals surface area contributed by atoms with Gasteiger partial charge in [-0.05, 0) is 28.1 Å². The summed E-state index contributed by atoms with van der Waals surface area (Å²) in [6.07, 6.45) is 1.18. The average Bonchev–Trinajstić information content (AvgIpc) is 2.46. The van der Waals surface area contributed by atoms with Crippen molar-refractivity contribution in [3.63, 3.8) is 0 Å². The molecule has 6 heteroatoms. The summed E-state index contributed by atoms with van der Waals surface area (Å²) < 4.78 is 2.48. The number of aromatic nitrogens is 3. The Morgan fingerprint density at radius 3 is 2.86 bits per heavy atom. The summed E-state index contributed by atoms with van der Waals surface area (Å²) >= 11 is 5.21. The summed E-state index contributed by atoms with van der Waals surface area (Å²) in [6.45, 7) is 2.17. The van der Waals surface area contributed by atoms with E-state index in [1.54, 1.807) is 4.68 Å². The van der Waals surface area contributed by atoms with Crippen molar-refractivity contribution < 1.29 is 0 Å². The molecule has 0 saturated heterocycles. The molecule has 0 aliphatic rings. The standard InChI is InChI=1S/C8H15BrN4S/c1-3-4-14-5-6(10)7-8(9)11-12-13(7)2/h6H,3-5,10H2,1-2H3. The highest BCUT2D eigenvalue weighted by Crippen LogP contribution is 2.21. The maximum atomic E-state index is 6.03. The van der Waals surface area contributed by atoms with E-state index in [-0.39, 0.29) is 6.04 Å². The van der Waals surface area contributed by atoms with Crippen molar-refractivity contribution in [2.45, 2.75) is 19.4 Å². The molecule has 1 aromatic heterocycles. The molecule has 0 spiro atoms. The minimum atomic E-state index is 0.000856. The lowest BCUT2D eigenvalue weighted by molar-refractivity contribution is 0.640. The zero-order chi connectivity index (χ0) is 10.6. The highest BCUT2D eigenvalue weighted by Gasteiger charge is 2.15. The van der Waals surface area contributed by atoms with E-state index in [0.717, 1.165) is 21.8 Å². The van der Waals surface area contributed by atoms with Crippen LogP contribution in [-0.2, 0) is 7.05 Å². The molecule has 1 rings (SSSR count). The largest absolute Gasteiger partial charge is 0.322 e. The van der Waals surface area contributed by atoms with Gasteiger partial charge in [0, 0.05) is 12.8 Å². The maximum Gasteiger partial charge on any atom is 0.153 e. The Balaban J connectivity index is 2.55. The molecular weight excluding hydrogens is 264 g/mol. The topological polar surface area (TPSA) is 56.7 Å².